The van der Waals surface area contributed by atoms with Gasteiger partial charge in [0.2, 0.25) is 0 Å². The molecular formula is C111H170N14. The second-order valence-electron chi connectivity index (χ2n) is 38.9. The van der Waals surface area contributed by atoms with Crippen LogP contribution in [0.25, 0.3) is 5.57 Å². The van der Waals surface area contributed by atoms with Crippen molar-refractivity contribution in [2.75, 3.05) is 173 Å². The topological polar surface area (TPSA) is 130 Å². The van der Waals surface area contributed by atoms with E-state index in [0.717, 1.165) is 156 Å². The van der Waals surface area contributed by atoms with E-state index in [1.54, 1.807) is 0 Å². The molecular weight excluding hydrogens is 1530 g/mol. The molecule has 16 rings (SSSR count). The first-order valence-corrected chi connectivity index (χ1v) is 49.0. The molecule has 8 aliphatic heterocycles. The lowest BCUT2D eigenvalue weighted by Crippen LogP contribution is -2.49. The molecule has 125 heavy (non-hydrogen) atoms. The Balaban J connectivity index is 0.000000162. The molecule has 0 aliphatic carbocycles. The lowest BCUT2D eigenvalue weighted by Gasteiger charge is -2.36. The summed E-state index contributed by atoms with van der Waals surface area (Å²) in [6.07, 6.45) is 8.27. The third-order valence-corrected chi connectivity index (χ3v) is 26.3. The fraction of sp³-hybridized carbons (Fsp3) is 0.550. The van der Waals surface area contributed by atoms with Crippen LogP contribution in [-0.4, -0.2) is 174 Å². The quantitative estimate of drug-likeness (QED) is 0.0467. The van der Waals surface area contributed by atoms with Crippen molar-refractivity contribution in [3.05, 3.63) is 256 Å². The highest BCUT2D eigenvalue weighted by Crippen LogP contribution is 2.31. The minimum Gasteiger partial charge on any atom is -0.371 e. The number of nitrogens with two attached hydrogens (primary N) is 1. The van der Waals surface area contributed by atoms with Gasteiger partial charge in [0, 0.05) is 189 Å². The first-order chi connectivity index (χ1) is 60.2. The van der Waals surface area contributed by atoms with Gasteiger partial charge in [0.1, 0.15) is 0 Å². The summed E-state index contributed by atoms with van der Waals surface area (Å²) in [6, 6.07) is 75.2. The molecule has 8 aromatic rings. The molecule has 14 heteroatoms. The van der Waals surface area contributed by atoms with Gasteiger partial charge in [-0.25, -0.2) is 0 Å². The molecule has 8 heterocycles. The fourth-order valence-corrected chi connectivity index (χ4v) is 17.5. The average Bonchev–Trinajstić information content (AvgIpc) is 0.818. The second-order valence-corrected chi connectivity index (χ2v) is 38.9. The van der Waals surface area contributed by atoms with E-state index in [1.165, 1.54) is 121 Å². The number of nitrogens with one attached hydrogen (secondary N) is 7. The van der Waals surface area contributed by atoms with E-state index in [2.05, 4.69) is 405 Å². The molecule has 8 aliphatic rings. The maximum absolute atomic E-state index is 5.91. The van der Waals surface area contributed by atoms with Crippen LogP contribution in [0.2, 0.25) is 0 Å². The first kappa shape index (κ1) is 101. The molecule has 0 saturated carbocycles. The molecule has 8 aromatic carbocycles. The number of hydrogen-bond acceptors (Lipinski definition) is 14. The second kappa shape index (κ2) is 53.1. The number of anilines is 6. The molecule has 0 spiro atoms. The highest BCUT2D eigenvalue weighted by atomic mass is 15.2. The number of benzene rings is 8. The van der Waals surface area contributed by atoms with Crippen LogP contribution in [0.4, 0.5) is 34.1 Å². The van der Waals surface area contributed by atoms with Crippen molar-refractivity contribution >= 4 is 39.7 Å². The third-order valence-electron chi connectivity index (χ3n) is 26.3. The number of rotatable bonds is 16. The Kier molecular flexibility index (Phi) is 42.8. The molecule has 0 radical (unpaired) electrons. The van der Waals surface area contributed by atoms with E-state index in [-0.39, 0.29) is 0 Å². The van der Waals surface area contributed by atoms with E-state index in [4.69, 9.17) is 5.73 Å². The van der Waals surface area contributed by atoms with Crippen LogP contribution >= 0.6 is 0 Å². The maximum Gasteiger partial charge on any atom is 0.0386 e. The number of piperidine rings is 2. The van der Waals surface area contributed by atoms with Gasteiger partial charge >= 0.3 is 0 Å². The zero-order valence-electron chi connectivity index (χ0n) is 81.5. The Bertz CT molecular complexity index is 4030. The Labute approximate surface area is 761 Å². The zero-order valence-corrected chi connectivity index (χ0v) is 81.5. The number of piperazine rings is 5. The minimum atomic E-state index is 0.409. The Morgan fingerprint density at radius 2 is 0.568 bits per heavy atom. The van der Waals surface area contributed by atoms with Crippen molar-refractivity contribution in [1.29, 1.82) is 0 Å². The van der Waals surface area contributed by atoms with Gasteiger partial charge in [0.15, 0.2) is 0 Å². The predicted molar refractivity (Wildman–Crippen MR) is 548 cm³/mol. The van der Waals surface area contributed by atoms with Crippen LogP contribution in [0.1, 0.15) is 279 Å². The monoisotopic (exact) mass is 1700 g/mol. The summed E-state index contributed by atoms with van der Waals surface area (Å²) in [5.41, 5.74) is 29.9. The van der Waals surface area contributed by atoms with Crippen LogP contribution in [0.5, 0.6) is 0 Å². The molecule has 0 unspecified atom stereocenters. The van der Waals surface area contributed by atoms with Gasteiger partial charge in [-0.15, -0.1) is 0 Å². The SMILES string of the molecule is CC(C)c1ccc(C2=CCNCC2)cc1.CC(C)c1ccc(C2CCNCC2)cc1.CC(C)c1ccc(N2CCC(N)CC2)cc1.CC(C)c1ccc(N2CCNCC2)cc1.CC(C)c1ccc(N2CCNC[C@@H]2C)cc1.CC(C)c1ccc(N2CCNC[C@H]2C)cc1.CC(C)c1ccc(N2CCN[C@@H](C)C2)cc1.CC(C)c1ccc(N2CCN[C@H](C)C2)cc1. The smallest absolute Gasteiger partial charge is 0.0386 e. The minimum absolute atomic E-state index is 0.409. The molecule has 9 N–H and O–H groups in total. The van der Waals surface area contributed by atoms with Gasteiger partial charge in [0.05, 0.1) is 0 Å². The maximum atomic E-state index is 5.91. The summed E-state index contributed by atoms with van der Waals surface area (Å²) in [6.45, 7) is 69.2. The lowest BCUT2D eigenvalue weighted by atomic mass is 9.89. The molecule has 7 fully saturated rings. The van der Waals surface area contributed by atoms with E-state index < -0.39 is 0 Å². The number of nitrogens with zero attached hydrogens (tertiary/aromatic N) is 6. The summed E-state index contributed by atoms with van der Waals surface area (Å²) in [7, 11) is 0. The molecule has 0 bridgehead atoms. The average molecular weight is 1700 g/mol. The standard InChI is InChI=1S/5C14H22N2.C14H21N.C14H19N.C13H20N2/c2*1-11(2)13-4-6-14(7-5-13)16-9-8-15-12(3)10-16;2*1-11(2)13-4-6-14(7-5-13)16-9-8-15-10-12(16)3;1-11(2)12-3-5-14(6-4-12)16-9-7-13(15)8-10-16;2*1-11(2)12-3-5-13(6-4-12)14-7-9-15-10-8-14;1-11(2)12-3-5-13(6-4-12)15-9-7-14-8-10-15/h4*4-7,11-12,15H,8-10H2,1-3H3;3-6,11,13H,7-10,15H2,1-2H3;3-6,11,14-15H,7-10H2,1-2H3;3-7,11,15H,8-10H2,1-2H3;3-6,11,14H,7-10H2,1-2H3/t4*12-;;;;/m1010..../s1. The van der Waals surface area contributed by atoms with Crippen LogP contribution in [-0.2, 0) is 0 Å². The van der Waals surface area contributed by atoms with E-state index in [0.29, 0.717) is 77.6 Å². The van der Waals surface area contributed by atoms with Crippen molar-refractivity contribution in [3.63, 3.8) is 0 Å². The highest BCUT2D eigenvalue weighted by molar-refractivity contribution is 5.67. The summed E-state index contributed by atoms with van der Waals surface area (Å²) in [5.74, 6) is 5.78. The normalized spacial score (nSPS) is 19.6. The van der Waals surface area contributed by atoms with Crippen LogP contribution in [0, 0.1) is 0 Å². The fourth-order valence-electron chi connectivity index (χ4n) is 17.5. The van der Waals surface area contributed by atoms with Crippen molar-refractivity contribution in [3.8, 4) is 0 Å². The Hall–Kier alpha value is -8.02. The van der Waals surface area contributed by atoms with E-state index in [9.17, 15) is 0 Å². The lowest BCUT2D eigenvalue weighted by molar-refractivity contribution is 0.460. The summed E-state index contributed by atoms with van der Waals surface area (Å²) in [4.78, 5) is 14.8. The van der Waals surface area contributed by atoms with Gasteiger partial charge < -0.3 is 72.4 Å². The molecule has 684 valence electrons. The van der Waals surface area contributed by atoms with Gasteiger partial charge in [-0.2, -0.15) is 0 Å². The third kappa shape index (κ3) is 33.5. The summed E-state index contributed by atoms with van der Waals surface area (Å²) in [5, 5.41) is 23.9. The van der Waals surface area contributed by atoms with Crippen LogP contribution in [0.15, 0.2) is 200 Å². The molecule has 0 amide bonds. The van der Waals surface area contributed by atoms with Crippen molar-refractivity contribution in [1.82, 2.24) is 37.2 Å². The molecule has 4 atom stereocenters. The van der Waals surface area contributed by atoms with Crippen LogP contribution in [0.3, 0.4) is 0 Å². The summed E-state index contributed by atoms with van der Waals surface area (Å²) < 4.78 is 0. The van der Waals surface area contributed by atoms with E-state index in [1.807, 2.05) is 0 Å². The number of hydrogen-bond donors (Lipinski definition) is 8. The van der Waals surface area contributed by atoms with Crippen molar-refractivity contribution in [2.24, 2.45) is 5.73 Å². The Morgan fingerprint density at radius 3 is 0.880 bits per heavy atom. The molecule has 7 saturated heterocycles. The first-order valence-electron chi connectivity index (χ1n) is 49.0. The highest BCUT2D eigenvalue weighted by Gasteiger charge is 2.24. The van der Waals surface area contributed by atoms with Gasteiger partial charge in [-0.3, -0.25) is 0 Å². The Morgan fingerprint density at radius 1 is 0.280 bits per heavy atom. The van der Waals surface area contributed by atoms with Crippen LogP contribution < -0.4 is 72.4 Å². The zero-order chi connectivity index (χ0) is 89.7. The molecule has 14 nitrogen and oxygen atoms in total. The van der Waals surface area contributed by atoms with E-state index >= 15 is 0 Å². The van der Waals surface area contributed by atoms with Crippen molar-refractivity contribution in [2.45, 2.75) is 254 Å². The van der Waals surface area contributed by atoms with Gasteiger partial charge in [-0.05, 0) is 267 Å². The summed E-state index contributed by atoms with van der Waals surface area (Å²) >= 11 is 0. The van der Waals surface area contributed by atoms with Crippen molar-refractivity contribution < 1.29 is 0 Å². The van der Waals surface area contributed by atoms with Gasteiger partial charge in [0.25, 0.3) is 0 Å². The molecule has 0 aromatic heterocycles. The van der Waals surface area contributed by atoms with Gasteiger partial charge in [-0.1, -0.05) is 238 Å². The predicted octanol–water partition coefficient (Wildman–Crippen LogP) is 21.9. The largest absolute Gasteiger partial charge is 0.371 e.